The van der Waals surface area contributed by atoms with Crippen molar-refractivity contribution in [2.24, 2.45) is 0 Å². The first kappa shape index (κ1) is 7.85. The van der Waals surface area contributed by atoms with E-state index in [0.717, 1.165) is 17.8 Å². The fourth-order valence-corrected chi connectivity index (χ4v) is 0.934. The Kier molecular flexibility index (Phi) is 2.31. The van der Waals surface area contributed by atoms with E-state index in [9.17, 15) is 0 Å². The Labute approximate surface area is 66.6 Å². The predicted octanol–water partition coefficient (Wildman–Crippen LogP) is 1.40. The fourth-order valence-electron chi connectivity index (χ4n) is 0.934. The molecule has 0 amide bonds. The lowest BCUT2D eigenvalue weighted by Gasteiger charge is -2.07. The lowest BCUT2D eigenvalue weighted by molar-refractivity contribution is 1.18. The van der Waals surface area contributed by atoms with Gasteiger partial charge in [0.1, 0.15) is 5.82 Å². The van der Waals surface area contributed by atoms with Crippen LogP contribution >= 0.6 is 0 Å². The first-order valence-electron chi connectivity index (χ1n) is 3.70. The molecule has 0 saturated carbocycles. The Balaban J connectivity index is 2.96. The van der Waals surface area contributed by atoms with Crippen LogP contribution in [0.3, 0.4) is 0 Å². The zero-order valence-corrected chi connectivity index (χ0v) is 6.89. The van der Waals surface area contributed by atoms with Crippen LogP contribution in [-0.4, -0.2) is 11.5 Å². The maximum atomic E-state index is 5.60. The predicted molar refractivity (Wildman–Crippen MR) is 47.6 cm³/mol. The van der Waals surface area contributed by atoms with Crippen LogP contribution in [0.1, 0.15) is 12.5 Å². The van der Waals surface area contributed by atoms with E-state index in [-0.39, 0.29) is 0 Å². The molecule has 1 aromatic rings. The molecule has 1 rings (SSSR count). The van der Waals surface area contributed by atoms with Crippen molar-refractivity contribution in [2.75, 3.05) is 17.6 Å². The van der Waals surface area contributed by atoms with Gasteiger partial charge in [-0.25, -0.2) is 4.98 Å². The lowest BCUT2D eigenvalue weighted by Crippen LogP contribution is -2.02. The minimum atomic E-state index is 0.600. The molecule has 0 aliphatic carbocycles. The average Bonchev–Trinajstić information content (AvgIpc) is 1.99. The number of nitrogens with two attached hydrogens (primary N) is 1. The summed E-state index contributed by atoms with van der Waals surface area (Å²) in [7, 11) is 0. The van der Waals surface area contributed by atoms with Gasteiger partial charge in [0, 0.05) is 24.0 Å². The average molecular weight is 151 g/mol. The van der Waals surface area contributed by atoms with E-state index in [0.29, 0.717) is 5.82 Å². The van der Waals surface area contributed by atoms with Gasteiger partial charge in [-0.1, -0.05) is 0 Å². The molecule has 0 aliphatic heterocycles. The summed E-state index contributed by atoms with van der Waals surface area (Å²) >= 11 is 0. The van der Waals surface area contributed by atoms with Gasteiger partial charge < -0.3 is 11.1 Å². The molecule has 0 spiro atoms. The summed E-state index contributed by atoms with van der Waals surface area (Å²) in [5, 5.41) is 3.20. The summed E-state index contributed by atoms with van der Waals surface area (Å²) in [6, 6.07) is 1.93. The van der Waals surface area contributed by atoms with E-state index in [1.54, 1.807) is 6.20 Å². The van der Waals surface area contributed by atoms with E-state index in [1.165, 1.54) is 0 Å². The highest BCUT2D eigenvalue weighted by molar-refractivity contribution is 5.58. The van der Waals surface area contributed by atoms with Crippen LogP contribution in [0.2, 0.25) is 0 Å². The van der Waals surface area contributed by atoms with Gasteiger partial charge in [-0.3, -0.25) is 0 Å². The second-order valence-electron chi connectivity index (χ2n) is 2.40. The van der Waals surface area contributed by atoms with E-state index in [1.807, 2.05) is 13.0 Å². The number of rotatable bonds is 2. The zero-order valence-electron chi connectivity index (χ0n) is 6.89. The Morgan fingerprint density at radius 1 is 1.64 bits per heavy atom. The molecule has 0 aromatic carbocycles. The summed E-state index contributed by atoms with van der Waals surface area (Å²) in [6.07, 6.45) is 1.71. The van der Waals surface area contributed by atoms with Crippen molar-refractivity contribution in [3.05, 3.63) is 17.8 Å². The third kappa shape index (κ3) is 1.61. The Bertz CT molecular complexity index is 245. The number of nitrogen functional groups attached to an aromatic ring is 1. The topological polar surface area (TPSA) is 50.9 Å². The minimum Gasteiger partial charge on any atom is -0.385 e. The number of aromatic nitrogens is 1. The molecule has 0 saturated heterocycles. The third-order valence-electron chi connectivity index (χ3n) is 1.61. The summed E-state index contributed by atoms with van der Waals surface area (Å²) in [5.74, 6) is 0.600. The minimum absolute atomic E-state index is 0.600. The maximum absolute atomic E-state index is 5.60. The first-order valence-corrected chi connectivity index (χ1v) is 3.70. The van der Waals surface area contributed by atoms with Gasteiger partial charge in [-0.05, 0) is 19.9 Å². The normalized spacial score (nSPS) is 9.64. The number of nitrogens with one attached hydrogen (secondary N) is 1. The molecule has 3 N–H and O–H groups in total. The van der Waals surface area contributed by atoms with E-state index in [2.05, 4.69) is 17.2 Å². The standard InChI is InChI=1S/C8H13N3/c1-3-10-7-4-5-11-8(9)6(7)2/h4-5H,3H2,1-2H3,(H3,9,10,11). The second kappa shape index (κ2) is 3.23. The van der Waals surface area contributed by atoms with E-state index >= 15 is 0 Å². The number of pyridine rings is 1. The number of hydrogen-bond acceptors (Lipinski definition) is 3. The quantitative estimate of drug-likeness (QED) is 0.671. The van der Waals surface area contributed by atoms with Crippen molar-refractivity contribution in [3.8, 4) is 0 Å². The molecule has 0 unspecified atom stereocenters. The van der Waals surface area contributed by atoms with E-state index < -0.39 is 0 Å². The van der Waals surface area contributed by atoms with Crippen LogP contribution in [-0.2, 0) is 0 Å². The smallest absolute Gasteiger partial charge is 0.128 e. The van der Waals surface area contributed by atoms with Crippen molar-refractivity contribution in [1.82, 2.24) is 4.98 Å². The number of hydrogen-bond donors (Lipinski definition) is 2. The zero-order chi connectivity index (χ0) is 8.27. The summed E-state index contributed by atoms with van der Waals surface area (Å²) < 4.78 is 0. The van der Waals surface area contributed by atoms with Crippen molar-refractivity contribution in [1.29, 1.82) is 0 Å². The molecule has 60 valence electrons. The molecular formula is C8H13N3. The molecule has 11 heavy (non-hydrogen) atoms. The molecular weight excluding hydrogens is 138 g/mol. The molecule has 3 heteroatoms. The Morgan fingerprint density at radius 3 is 3.00 bits per heavy atom. The largest absolute Gasteiger partial charge is 0.385 e. The van der Waals surface area contributed by atoms with Crippen molar-refractivity contribution in [3.63, 3.8) is 0 Å². The molecule has 0 fully saturated rings. The maximum Gasteiger partial charge on any atom is 0.128 e. The van der Waals surface area contributed by atoms with Gasteiger partial charge in [-0.2, -0.15) is 0 Å². The van der Waals surface area contributed by atoms with Crippen LogP contribution in [0.5, 0.6) is 0 Å². The van der Waals surface area contributed by atoms with E-state index in [4.69, 9.17) is 5.73 Å². The molecule has 0 radical (unpaired) electrons. The van der Waals surface area contributed by atoms with Crippen LogP contribution in [0, 0.1) is 6.92 Å². The van der Waals surface area contributed by atoms with Gasteiger partial charge in [0.05, 0.1) is 0 Å². The van der Waals surface area contributed by atoms with Gasteiger partial charge in [-0.15, -0.1) is 0 Å². The molecule has 1 heterocycles. The van der Waals surface area contributed by atoms with Crippen LogP contribution in [0.25, 0.3) is 0 Å². The monoisotopic (exact) mass is 151 g/mol. The highest BCUT2D eigenvalue weighted by atomic mass is 14.9. The first-order chi connectivity index (χ1) is 5.25. The van der Waals surface area contributed by atoms with Gasteiger partial charge in [0.2, 0.25) is 0 Å². The number of nitrogens with zero attached hydrogens (tertiary/aromatic N) is 1. The second-order valence-corrected chi connectivity index (χ2v) is 2.40. The summed E-state index contributed by atoms with van der Waals surface area (Å²) in [4.78, 5) is 3.96. The summed E-state index contributed by atoms with van der Waals surface area (Å²) in [5.41, 5.74) is 7.69. The highest BCUT2D eigenvalue weighted by Gasteiger charge is 1.98. The van der Waals surface area contributed by atoms with Crippen LogP contribution < -0.4 is 11.1 Å². The van der Waals surface area contributed by atoms with Crippen molar-refractivity contribution < 1.29 is 0 Å². The Morgan fingerprint density at radius 2 is 2.36 bits per heavy atom. The van der Waals surface area contributed by atoms with Crippen LogP contribution in [0.15, 0.2) is 12.3 Å². The summed E-state index contributed by atoms with van der Waals surface area (Å²) in [6.45, 7) is 4.92. The molecule has 3 nitrogen and oxygen atoms in total. The molecule has 0 bridgehead atoms. The lowest BCUT2D eigenvalue weighted by atomic mass is 10.2. The molecule has 1 aromatic heterocycles. The van der Waals surface area contributed by atoms with Crippen molar-refractivity contribution >= 4 is 11.5 Å². The Hall–Kier alpha value is -1.25. The highest BCUT2D eigenvalue weighted by Crippen LogP contribution is 2.17. The van der Waals surface area contributed by atoms with Crippen LogP contribution in [0.4, 0.5) is 11.5 Å². The third-order valence-corrected chi connectivity index (χ3v) is 1.61. The number of anilines is 2. The van der Waals surface area contributed by atoms with Gasteiger partial charge in [0.25, 0.3) is 0 Å². The fraction of sp³-hybridized carbons (Fsp3) is 0.375. The van der Waals surface area contributed by atoms with Gasteiger partial charge in [0.15, 0.2) is 0 Å². The molecule has 0 atom stereocenters. The molecule has 0 aliphatic rings. The SMILES string of the molecule is CCNc1ccnc(N)c1C. The van der Waals surface area contributed by atoms with Gasteiger partial charge >= 0.3 is 0 Å². The van der Waals surface area contributed by atoms with Crippen molar-refractivity contribution in [2.45, 2.75) is 13.8 Å².